The number of aromatic nitrogens is 1. The van der Waals surface area contributed by atoms with Crippen LogP contribution in [0, 0.1) is 35.5 Å². The molecule has 4 heteroatoms. The molecule has 0 aromatic carbocycles. The Bertz CT molecular complexity index is 469. The molecule has 3 unspecified atom stereocenters. The Balaban J connectivity index is 2.08. The normalized spacial score (nSPS) is 28.1. The van der Waals surface area contributed by atoms with Gasteiger partial charge in [-0.2, -0.15) is 5.26 Å². The van der Waals surface area contributed by atoms with E-state index in [1.54, 1.807) is 18.0 Å². The Morgan fingerprint density at radius 3 is 2.68 bits per heavy atom. The van der Waals surface area contributed by atoms with E-state index in [-0.39, 0.29) is 5.92 Å². The maximum absolute atomic E-state index is 9.32. The number of hydrogen-bond acceptors (Lipinski definition) is 4. The quantitative estimate of drug-likeness (QED) is 0.803. The maximum Gasteiger partial charge on any atom is 0.256 e. The minimum Gasteiger partial charge on any atom is -0.440 e. The minimum absolute atomic E-state index is 0.121. The van der Waals surface area contributed by atoms with Crippen molar-refractivity contribution in [2.75, 3.05) is 0 Å². The zero-order valence-corrected chi connectivity index (χ0v) is 13.0. The summed E-state index contributed by atoms with van der Waals surface area (Å²) >= 11 is 1.64. The zero-order valence-electron chi connectivity index (χ0n) is 12.1. The van der Waals surface area contributed by atoms with Crippen molar-refractivity contribution in [3.63, 3.8) is 0 Å². The molecule has 0 amide bonds. The molecular weight excluding hydrogens is 256 g/mol. The smallest absolute Gasteiger partial charge is 0.256 e. The van der Waals surface area contributed by atoms with Gasteiger partial charge in [-0.05, 0) is 37.5 Å². The second kappa shape index (κ2) is 5.58. The Morgan fingerprint density at radius 2 is 2.16 bits per heavy atom. The number of nitrogens with zero attached hydrogens (tertiary/aromatic N) is 2. The molecule has 1 fully saturated rings. The van der Waals surface area contributed by atoms with Crippen LogP contribution in [0.15, 0.2) is 15.9 Å². The summed E-state index contributed by atoms with van der Waals surface area (Å²) in [6, 6.07) is 2.46. The topological polar surface area (TPSA) is 49.8 Å². The largest absolute Gasteiger partial charge is 0.440 e. The lowest BCUT2D eigenvalue weighted by Crippen LogP contribution is -2.33. The second-order valence-corrected chi connectivity index (χ2v) is 7.71. The van der Waals surface area contributed by atoms with Gasteiger partial charge in [0.25, 0.3) is 5.22 Å². The molecule has 0 spiro atoms. The first-order valence-corrected chi connectivity index (χ1v) is 7.76. The van der Waals surface area contributed by atoms with Gasteiger partial charge in [0, 0.05) is 5.25 Å². The van der Waals surface area contributed by atoms with Crippen LogP contribution >= 0.6 is 11.8 Å². The molecule has 3 atom stereocenters. The number of hydrogen-bond donors (Lipinski definition) is 0. The summed E-state index contributed by atoms with van der Waals surface area (Å²) in [7, 11) is 0. The van der Waals surface area contributed by atoms with Crippen LogP contribution in [0.2, 0.25) is 0 Å². The fraction of sp³-hybridized carbons (Fsp3) is 0.733. The molecule has 0 bridgehead atoms. The third kappa shape index (κ3) is 3.54. The highest BCUT2D eigenvalue weighted by molar-refractivity contribution is 7.99. The fourth-order valence-electron chi connectivity index (χ4n) is 2.71. The van der Waals surface area contributed by atoms with Gasteiger partial charge in [0.15, 0.2) is 0 Å². The predicted octanol–water partition coefficient (Wildman–Crippen LogP) is 4.43. The molecule has 0 aliphatic heterocycles. The average Bonchev–Trinajstić information content (AvgIpc) is 2.73. The number of nitriles is 1. The van der Waals surface area contributed by atoms with Gasteiger partial charge in [0.05, 0.1) is 17.7 Å². The van der Waals surface area contributed by atoms with E-state index in [1.807, 2.05) is 6.92 Å². The molecule has 3 nitrogen and oxygen atoms in total. The minimum atomic E-state index is 0.121. The van der Waals surface area contributed by atoms with Gasteiger partial charge in [-0.3, -0.25) is 0 Å². The van der Waals surface area contributed by atoms with Crippen molar-refractivity contribution in [2.45, 2.75) is 57.4 Å². The van der Waals surface area contributed by atoms with E-state index in [2.05, 4.69) is 31.8 Å². The maximum atomic E-state index is 9.32. The molecule has 2 rings (SSSR count). The first kappa shape index (κ1) is 14.5. The molecule has 0 saturated heterocycles. The van der Waals surface area contributed by atoms with Gasteiger partial charge in [-0.1, -0.05) is 32.5 Å². The van der Waals surface area contributed by atoms with Gasteiger partial charge < -0.3 is 4.42 Å². The van der Waals surface area contributed by atoms with Crippen LogP contribution in [-0.2, 0) is 0 Å². The Hall–Kier alpha value is -0.950. The van der Waals surface area contributed by atoms with Crippen molar-refractivity contribution in [3.8, 4) is 6.07 Å². The monoisotopic (exact) mass is 278 g/mol. The van der Waals surface area contributed by atoms with Crippen LogP contribution in [-0.4, -0.2) is 10.2 Å². The summed E-state index contributed by atoms with van der Waals surface area (Å²) in [5.74, 6) is 0.793. The molecule has 0 radical (unpaired) electrons. The molecule has 1 aromatic heterocycles. The lowest BCUT2D eigenvalue weighted by Gasteiger charge is -2.39. The third-order valence-electron chi connectivity index (χ3n) is 4.03. The Labute approximate surface area is 119 Å². The number of rotatable bonds is 2. The number of oxazole rings is 1. The number of thioether (sulfide) groups is 1. The molecule has 19 heavy (non-hydrogen) atoms. The van der Waals surface area contributed by atoms with E-state index in [0.717, 1.165) is 25.0 Å². The first-order chi connectivity index (χ1) is 8.90. The van der Waals surface area contributed by atoms with E-state index < -0.39 is 0 Å². The Kier molecular flexibility index (Phi) is 4.25. The molecule has 104 valence electrons. The molecular formula is C15H22N2OS. The summed E-state index contributed by atoms with van der Waals surface area (Å²) in [6.45, 7) is 8.80. The zero-order chi connectivity index (χ0) is 14.0. The van der Waals surface area contributed by atoms with Crippen LogP contribution in [0.1, 0.15) is 45.7 Å². The van der Waals surface area contributed by atoms with Gasteiger partial charge in [-0.15, -0.1) is 0 Å². The lowest BCUT2D eigenvalue weighted by atomic mass is 9.70. The van der Waals surface area contributed by atoms with Crippen LogP contribution in [0.4, 0.5) is 0 Å². The van der Waals surface area contributed by atoms with Crippen LogP contribution in [0.25, 0.3) is 0 Å². The van der Waals surface area contributed by atoms with Crippen LogP contribution < -0.4 is 0 Å². The highest BCUT2D eigenvalue weighted by Gasteiger charge is 2.37. The van der Waals surface area contributed by atoms with Crippen molar-refractivity contribution in [1.29, 1.82) is 5.26 Å². The van der Waals surface area contributed by atoms with E-state index in [9.17, 15) is 5.26 Å². The fourth-order valence-corrected chi connectivity index (χ4v) is 3.96. The van der Waals surface area contributed by atoms with E-state index in [4.69, 9.17) is 4.42 Å². The van der Waals surface area contributed by atoms with Gasteiger partial charge in [0.2, 0.25) is 0 Å². The van der Waals surface area contributed by atoms with Gasteiger partial charge in [0.1, 0.15) is 6.26 Å². The molecule has 1 saturated carbocycles. The van der Waals surface area contributed by atoms with Crippen LogP contribution in [0.3, 0.4) is 0 Å². The Morgan fingerprint density at radius 1 is 1.42 bits per heavy atom. The SMILES string of the molecule is Cc1coc(SC2CC(C(C)(C)C)CCC2C#N)n1. The van der Waals surface area contributed by atoms with Gasteiger partial charge >= 0.3 is 0 Å². The summed E-state index contributed by atoms with van der Waals surface area (Å²) in [5.41, 5.74) is 1.21. The predicted molar refractivity (Wildman–Crippen MR) is 76.8 cm³/mol. The van der Waals surface area contributed by atoms with E-state index in [0.29, 0.717) is 21.8 Å². The summed E-state index contributed by atoms with van der Waals surface area (Å²) in [4.78, 5) is 4.35. The summed E-state index contributed by atoms with van der Waals surface area (Å²) in [5, 5.41) is 10.3. The first-order valence-electron chi connectivity index (χ1n) is 6.88. The standard InChI is InChI=1S/C15H22N2OS/c1-10-9-18-14(17-10)19-13-7-12(15(2,3)4)6-5-11(13)8-16/h9,11-13H,5-7H2,1-4H3. The lowest BCUT2D eigenvalue weighted by molar-refractivity contribution is 0.168. The van der Waals surface area contributed by atoms with Crippen LogP contribution in [0.5, 0.6) is 0 Å². The van der Waals surface area contributed by atoms with Gasteiger partial charge in [-0.25, -0.2) is 4.98 Å². The molecule has 0 N–H and O–H groups in total. The summed E-state index contributed by atoms with van der Waals surface area (Å²) < 4.78 is 5.42. The molecule has 1 aliphatic rings. The van der Waals surface area contributed by atoms with E-state index in [1.165, 1.54) is 0 Å². The second-order valence-electron chi connectivity index (χ2n) is 6.52. The van der Waals surface area contributed by atoms with Crippen molar-refractivity contribution in [2.24, 2.45) is 17.3 Å². The third-order valence-corrected chi connectivity index (χ3v) is 5.25. The van der Waals surface area contributed by atoms with Crippen molar-refractivity contribution in [3.05, 3.63) is 12.0 Å². The highest BCUT2D eigenvalue weighted by Crippen LogP contribution is 2.45. The number of aryl methyl sites for hydroxylation is 1. The van der Waals surface area contributed by atoms with Crippen molar-refractivity contribution < 1.29 is 4.42 Å². The van der Waals surface area contributed by atoms with Crippen molar-refractivity contribution >= 4 is 11.8 Å². The summed E-state index contributed by atoms with van der Waals surface area (Å²) in [6.07, 6.45) is 4.90. The molecule has 1 heterocycles. The van der Waals surface area contributed by atoms with Crippen molar-refractivity contribution in [1.82, 2.24) is 4.98 Å². The highest BCUT2D eigenvalue weighted by atomic mass is 32.2. The van der Waals surface area contributed by atoms with E-state index >= 15 is 0 Å². The molecule has 1 aromatic rings. The molecule has 1 aliphatic carbocycles. The average molecular weight is 278 g/mol.